The zero-order valence-corrected chi connectivity index (χ0v) is 31.2. The fourth-order valence-corrected chi connectivity index (χ4v) is 7.31. The maximum Gasteiger partial charge on any atom is 0.217 e. The highest BCUT2D eigenvalue weighted by Gasteiger charge is 2.55. The van der Waals surface area contributed by atoms with Crippen LogP contribution in [0.2, 0.25) is 0 Å². The van der Waals surface area contributed by atoms with Crippen molar-refractivity contribution in [2.24, 2.45) is 0 Å². The standard InChI is InChI=1S/C32H55NO26/c1-7(38)33-13-17(42)26(58-32-27(20(45)16(41)10(4-36)55-32)59-31-23(48)19(44)15(40)9(3-35)54-31)12(52-28(13)50)6-51-29-24(49)21(46)25(11(5-37)56-29)57-30-22(47)18(43)14(39)8(2-34)53-30/h8-32,34-37,39-50H,2-6H2,1H3,(H,33,38)/t8-,9-,10-,11-,12-,13-,14+,15+,16+,17-,18+,19+,20+,21-,22-,23-,24-,25-,26-,27-,28-,29-,30+,31-,32+/m1/s1. The lowest BCUT2D eigenvalue weighted by Gasteiger charge is -2.49. The number of aliphatic hydroxyl groups excluding tert-OH is 16. The van der Waals surface area contributed by atoms with Gasteiger partial charge in [0.1, 0.15) is 122 Å². The molecule has 0 spiro atoms. The third kappa shape index (κ3) is 10.3. The number of ether oxygens (including phenoxy) is 9. The molecule has 27 heteroatoms. The summed E-state index contributed by atoms with van der Waals surface area (Å²) in [4.78, 5) is 12.0. The summed E-state index contributed by atoms with van der Waals surface area (Å²) in [5, 5.41) is 169. The molecule has 5 aliphatic heterocycles. The van der Waals surface area contributed by atoms with Crippen LogP contribution in [0.4, 0.5) is 0 Å². The van der Waals surface area contributed by atoms with Gasteiger partial charge in [-0.15, -0.1) is 0 Å². The molecule has 0 aromatic rings. The van der Waals surface area contributed by atoms with E-state index in [4.69, 9.17) is 42.6 Å². The van der Waals surface area contributed by atoms with E-state index in [-0.39, 0.29) is 0 Å². The number of nitrogens with one attached hydrogen (secondary N) is 1. The molecule has 0 aromatic heterocycles. The zero-order chi connectivity index (χ0) is 43.6. The Balaban J connectivity index is 1.35. The molecule has 5 fully saturated rings. The van der Waals surface area contributed by atoms with Crippen molar-refractivity contribution in [3.05, 3.63) is 0 Å². The minimum absolute atomic E-state index is 0.759. The van der Waals surface area contributed by atoms with Crippen LogP contribution in [0.3, 0.4) is 0 Å². The van der Waals surface area contributed by atoms with Gasteiger partial charge in [0.05, 0.1) is 33.0 Å². The van der Waals surface area contributed by atoms with E-state index in [1.54, 1.807) is 0 Å². The summed E-state index contributed by atoms with van der Waals surface area (Å²) < 4.78 is 50.3. The summed E-state index contributed by atoms with van der Waals surface area (Å²) in [7, 11) is 0. The Morgan fingerprint density at radius 1 is 0.441 bits per heavy atom. The van der Waals surface area contributed by atoms with Crippen LogP contribution in [0.15, 0.2) is 0 Å². The highest BCUT2D eigenvalue weighted by Crippen LogP contribution is 2.34. The van der Waals surface area contributed by atoms with E-state index < -0.39 is 192 Å². The lowest BCUT2D eigenvalue weighted by molar-refractivity contribution is -0.386. The first-order valence-corrected chi connectivity index (χ1v) is 18.6. The number of amides is 1. The van der Waals surface area contributed by atoms with Gasteiger partial charge in [0, 0.05) is 6.92 Å². The molecule has 59 heavy (non-hydrogen) atoms. The molecular formula is C32H55NO26. The van der Waals surface area contributed by atoms with E-state index in [1.165, 1.54) is 0 Å². The van der Waals surface area contributed by atoms with Crippen LogP contribution in [0, 0.1) is 0 Å². The van der Waals surface area contributed by atoms with Crippen molar-refractivity contribution in [2.75, 3.05) is 33.0 Å². The van der Waals surface area contributed by atoms with Crippen LogP contribution in [0.25, 0.3) is 0 Å². The van der Waals surface area contributed by atoms with Gasteiger partial charge in [0.2, 0.25) is 5.91 Å². The van der Waals surface area contributed by atoms with Crippen molar-refractivity contribution in [3.8, 4) is 0 Å². The third-order valence-corrected chi connectivity index (χ3v) is 10.7. The Kier molecular flexibility index (Phi) is 17.1. The third-order valence-electron chi connectivity index (χ3n) is 10.7. The Bertz CT molecular complexity index is 1320. The molecule has 25 atom stereocenters. The molecule has 17 N–H and O–H groups in total. The minimum Gasteiger partial charge on any atom is -0.394 e. The summed E-state index contributed by atoms with van der Waals surface area (Å²) >= 11 is 0. The maximum atomic E-state index is 12.0. The molecule has 5 saturated heterocycles. The lowest BCUT2D eigenvalue weighted by atomic mass is 9.95. The van der Waals surface area contributed by atoms with Gasteiger partial charge in [-0.25, -0.2) is 0 Å². The second kappa shape index (κ2) is 20.8. The van der Waals surface area contributed by atoms with Gasteiger partial charge < -0.3 is 130 Å². The second-order valence-electron chi connectivity index (χ2n) is 14.7. The van der Waals surface area contributed by atoms with Gasteiger partial charge >= 0.3 is 0 Å². The summed E-state index contributed by atoms with van der Waals surface area (Å²) in [6, 6.07) is -1.64. The quantitative estimate of drug-likeness (QED) is 0.0770. The SMILES string of the molecule is CC(=O)N[C@@H]1[C@@H](O)[C@H](O[C@@H]2O[C@H](CO)[C@H](O)[C@H](O)[C@H]2O[C@H]2O[C@H](CO)[C@H](O)[C@H](O)[C@H]2O)[C@@H](CO[C@@H]2O[C@H](CO)[C@@H](O[C@@H]3O[C@H](CO)[C@H](O)[C@H](O)[C@H]3O)[C@H](O)[C@H]2O)O[C@H]1O. The molecule has 0 saturated carbocycles. The molecule has 0 aliphatic carbocycles. The first-order valence-electron chi connectivity index (χ1n) is 18.6. The maximum absolute atomic E-state index is 12.0. The van der Waals surface area contributed by atoms with Crippen molar-refractivity contribution in [1.29, 1.82) is 0 Å². The molecular weight excluding hydrogens is 814 g/mol. The lowest BCUT2D eigenvalue weighted by Crippen LogP contribution is -2.68. The Hall–Kier alpha value is -1.53. The van der Waals surface area contributed by atoms with Crippen LogP contribution in [-0.2, 0) is 47.4 Å². The molecule has 0 unspecified atom stereocenters. The van der Waals surface area contributed by atoms with E-state index in [0.29, 0.717) is 0 Å². The number of aliphatic hydroxyl groups is 16. The van der Waals surface area contributed by atoms with Gasteiger partial charge in [-0.2, -0.15) is 0 Å². The molecule has 5 aliphatic rings. The molecule has 344 valence electrons. The average molecular weight is 870 g/mol. The average Bonchev–Trinajstić information content (AvgIpc) is 3.21. The van der Waals surface area contributed by atoms with Crippen molar-refractivity contribution in [1.82, 2.24) is 5.32 Å². The number of hydrogen-bond donors (Lipinski definition) is 17. The second-order valence-corrected chi connectivity index (χ2v) is 14.7. The van der Waals surface area contributed by atoms with E-state index in [9.17, 15) is 86.5 Å². The van der Waals surface area contributed by atoms with Gasteiger partial charge in [0.25, 0.3) is 0 Å². The van der Waals surface area contributed by atoms with E-state index >= 15 is 0 Å². The smallest absolute Gasteiger partial charge is 0.217 e. The van der Waals surface area contributed by atoms with Crippen LogP contribution in [0.5, 0.6) is 0 Å². The Morgan fingerprint density at radius 2 is 0.831 bits per heavy atom. The Morgan fingerprint density at radius 3 is 1.32 bits per heavy atom. The number of rotatable bonds is 14. The van der Waals surface area contributed by atoms with E-state index in [2.05, 4.69) is 5.32 Å². The summed E-state index contributed by atoms with van der Waals surface area (Å²) in [5.41, 5.74) is 0. The highest BCUT2D eigenvalue weighted by molar-refractivity contribution is 5.73. The van der Waals surface area contributed by atoms with Crippen molar-refractivity contribution >= 4 is 5.91 Å². The van der Waals surface area contributed by atoms with Crippen LogP contribution < -0.4 is 5.32 Å². The number of carbonyl (C=O) groups excluding carboxylic acids is 1. The topological polar surface area (TPSA) is 436 Å². The summed E-state index contributed by atoms with van der Waals surface area (Å²) in [6.45, 7) is -3.34. The van der Waals surface area contributed by atoms with Crippen molar-refractivity contribution in [3.63, 3.8) is 0 Å². The largest absolute Gasteiger partial charge is 0.394 e. The molecule has 5 rings (SSSR count). The molecule has 0 aromatic carbocycles. The molecule has 5 heterocycles. The van der Waals surface area contributed by atoms with Gasteiger partial charge in [0.15, 0.2) is 31.5 Å². The normalized spacial score (nSPS) is 51.0. The van der Waals surface area contributed by atoms with Crippen molar-refractivity contribution < 1.29 is 129 Å². The van der Waals surface area contributed by atoms with Crippen LogP contribution in [0.1, 0.15) is 6.92 Å². The summed E-state index contributed by atoms with van der Waals surface area (Å²) in [6.07, 6.45) is -44.1. The molecule has 0 radical (unpaired) electrons. The highest BCUT2D eigenvalue weighted by atomic mass is 16.8. The van der Waals surface area contributed by atoms with Gasteiger partial charge in [-0.1, -0.05) is 0 Å². The van der Waals surface area contributed by atoms with Crippen LogP contribution in [-0.4, -0.2) is 274 Å². The fourth-order valence-electron chi connectivity index (χ4n) is 7.31. The monoisotopic (exact) mass is 869 g/mol. The zero-order valence-electron chi connectivity index (χ0n) is 31.2. The van der Waals surface area contributed by atoms with Crippen molar-refractivity contribution in [2.45, 2.75) is 160 Å². The summed E-state index contributed by atoms with van der Waals surface area (Å²) in [5.74, 6) is -0.759. The van der Waals surface area contributed by atoms with Crippen LogP contribution >= 0.6 is 0 Å². The minimum atomic E-state index is -2.05. The number of hydrogen-bond acceptors (Lipinski definition) is 26. The number of carbonyl (C=O) groups is 1. The predicted molar refractivity (Wildman–Crippen MR) is 178 cm³/mol. The first kappa shape index (κ1) is 48.5. The predicted octanol–water partition coefficient (Wildman–Crippen LogP) is -11.8. The van der Waals surface area contributed by atoms with E-state index in [0.717, 1.165) is 6.92 Å². The first-order chi connectivity index (χ1) is 27.9. The fraction of sp³-hybridized carbons (Fsp3) is 0.969. The van der Waals surface area contributed by atoms with E-state index in [1.807, 2.05) is 0 Å². The van der Waals surface area contributed by atoms with Gasteiger partial charge in [-0.3, -0.25) is 4.79 Å². The molecule has 27 nitrogen and oxygen atoms in total. The van der Waals surface area contributed by atoms with Gasteiger partial charge in [-0.05, 0) is 0 Å². The molecule has 0 bridgehead atoms. The Labute approximate surface area is 333 Å². The molecule has 1 amide bonds.